The molecule has 116 valence electrons. The molecule has 0 aliphatic carbocycles. The molecule has 0 spiro atoms. The van der Waals surface area contributed by atoms with Gasteiger partial charge in [0.05, 0.1) is 4.92 Å². The van der Waals surface area contributed by atoms with E-state index in [1.165, 1.54) is 18.2 Å². The minimum absolute atomic E-state index is 0.0386. The first-order chi connectivity index (χ1) is 9.84. The first-order valence-electron chi connectivity index (χ1n) is 6.29. The monoisotopic (exact) mass is 316 g/mol. The topological polar surface area (TPSA) is 127 Å². The highest BCUT2D eigenvalue weighted by atomic mass is 32.2. The van der Waals surface area contributed by atoms with Gasteiger partial charge in [-0.15, -0.1) is 0 Å². The third-order valence-corrected chi connectivity index (χ3v) is 4.22. The van der Waals surface area contributed by atoms with Crippen molar-refractivity contribution in [2.75, 3.05) is 6.54 Å². The van der Waals surface area contributed by atoms with Gasteiger partial charge in [0.25, 0.3) is 5.69 Å². The van der Waals surface area contributed by atoms with Gasteiger partial charge in [-0.2, -0.15) is 0 Å². The summed E-state index contributed by atoms with van der Waals surface area (Å²) < 4.78 is 26.3. The lowest BCUT2D eigenvalue weighted by Crippen LogP contribution is -2.25. The predicted octanol–water partition coefficient (Wildman–Crippen LogP) is 1.52. The molecule has 0 atom stereocenters. The van der Waals surface area contributed by atoms with Crippen LogP contribution < -0.4 is 4.72 Å². The van der Waals surface area contributed by atoms with Gasteiger partial charge in [0.1, 0.15) is 0 Å². The Morgan fingerprint density at radius 2 is 1.90 bits per heavy atom. The number of nitro benzene ring substituents is 1. The van der Waals surface area contributed by atoms with E-state index in [4.69, 9.17) is 5.11 Å². The fraction of sp³-hybridized carbons (Fsp3) is 0.417. The van der Waals surface area contributed by atoms with E-state index >= 15 is 0 Å². The van der Waals surface area contributed by atoms with Gasteiger partial charge in [0.15, 0.2) is 4.90 Å². The lowest BCUT2D eigenvalue weighted by molar-refractivity contribution is -0.387. The predicted molar refractivity (Wildman–Crippen MR) is 74.4 cm³/mol. The maximum absolute atomic E-state index is 12.0. The van der Waals surface area contributed by atoms with Crippen LogP contribution in [0.15, 0.2) is 29.2 Å². The molecule has 0 bridgehead atoms. The van der Waals surface area contributed by atoms with Gasteiger partial charge in [-0.25, -0.2) is 13.1 Å². The third-order valence-electron chi connectivity index (χ3n) is 2.71. The molecule has 0 heterocycles. The fourth-order valence-corrected chi connectivity index (χ4v) is 2.94. The van der Waals surface area contributed by atoms with E-state index in [0.29, 0.717) is 19.3 Å². The summed E-state index contributed by atoms with van der Waals surface area (Å²) in [6.07, 6.45) is 1.53. The number of aliphatic carboxylic acids is 1. The summed E-state index contributed by atoms with van der Waals surface area (Å²) in [5, 5.41) is 19.3. The normalized spacial score (nSPS) is 11.2. The average molecular weight is 316 g/mol. The molecule has 0 saturated heterocycles. The third kappa shape index (κ3) is 5.48. The van der Waals surface area contributed by atoms with E-state index < -0.39 is 26.6 Å². The number of hydrogen-bond donors (Lipinski definition) is 2. The van der Waals surface area contributed by atoms with Gasteiger partial charge in [-0.3, -0.25) is 14.9 Å². The molecule has 21 heavy (non-hydrogen) atoms. The zero-order valence-corrected chi connectivity index (χ0v) is 12.0. The number of nitro groups is 1. The van der Waals surface area contributed by atoms with Crippen molar-refractivity contribution >= 4 is 21.7 Å². The minimum atomic E-state index is -3.95. The molecule has 0 aliphatic heterocycles. The van der Waals surface area contributed by atoms with E-state index in [9.17, 15) is 23.3 Å². The summed E-state index contributed by atoms with van der Waals surface area (Å²) in [7, 11) is -3.95. The van der Waals surface area contributed by atoms with Crippen molar-refractivity contribution in [3.05, 3.63) is 34.4 Å². The van der Waals surface area contributed by atoms with Crippen LogP contribution in [-0.2, 0) is 14.8 Å². The van der Waals surface area contributed by atoms with Crippen LogP contribution in [0.3, 0.4) is 0 Å². The van der Waals surface area contributed by atoms with Crippen LogP contribution in [0.5, 0.6) is 0 Å². The van der Waals surface area contributed by atoms with Crippen molar-refractivity contribution in [1.29, 1.82) is 0 Å². The molecule has 1 aromatic rings. The number of carboxylic acids is 1. The van der Waals surface area contributed by atoms with Crippen molar-refractivity contribution in [2.45, 2.75) is 30.6 Å². The molecule has 1 aromatic carbocycles. The van der Waals surface area contributed by atoms with Crippen LogP contribution in [0.4, 0.5) is 5.69 Å². The number of nitrogens with one attached hydrogen (secondary N) is 1. The van der Waals surface area contributed by atoms with Gasteiger partial charge in [-0.1, -0.05) is 18.6 Å². The molecule has 0 amide bonds. The zero-order valence-electron chi connectivity index (χ0n) is 11.2. The van der Waals surface area contributed by atoms with Gasteiger partial charge in [-0.05, 0) is 18.9 Å². The highest BCUT2D eigenvalue weighted by Gasteiger charge is 2.24. The number of hydrogen-bond acceptors (Lipinski definition) is 5. The van der Waals surface area contributed by atoms with Gasteiger partial charge in [0.2, 0.25) is 10.0 Å². The molecule has 0 saturated carbocycles. The summed E-state index contributed by atoms with van der Waals surface area (Å²) in [6, 6.07) is 5.10. The maximum Gasteiger partial charge on any atom is 0.303 e. The number of para-hydroxylation sites is 1. The van der Waals surface area contributed by atoms with Crippen molar-refractivity contribution in [2.24, 2.45) is 0 Å². The molecule has 0 unspecified atom stereocenters. The van der Waals surface area contributed by atoms with Gasteiger partial charge in [0, 0.05) is 19.0 Å². The summed E-state index contributed by atoms with van der Waals surface area (Å²) >= 11 is 0. The van der Waals surface area contributed by atoms with Crippen LogP contribution >= 0.6 is 0 Å². The Kier molecular flexibility index (Phi) is 6.25. The molecule has 0 aromatic heterocycles. The number of carbonyl (C=O) groups is 1. The highest BCUT2D eigenvalue weighted by molar-refractivity contribution is 7.89. The minimum Gasteiger partial charge on any atom is -0.481 e. The Morgan fingerprint density at radius 1 is 1.24 bits per heavy atom. The molecule has 9 heteroatoms. The fourth-order valence-electron chi connectivity index (χ4n) is 1.70. The van der Waals surface area contributed by atoms with E-state index in [1.54, 1.807) is 0 Å². The Bertz CT molecular complexity index is 614. The van der Waals surface area contributed by atoms with E-state index in [-0.39, 0.29) is 17.9 Å². The first-order valence-corrected chi connectivity index (χ1v) is 7.78. The van der Waals surface area contributed by atoms with E-state index in [1.807, 2.05) is 0 Å². The number of carboxylic acid groups (broad SMARTS) is 1. The van der Waals surface area contributed by atoms with Crippen molar-refractivity contribution in [3.63, 3.8) is 0 Å². The van der Waals surface area contributed by atoms with Crippen LogP contribution in [0.1, 0.15) is 25.7 Å². The molecular formula is C12H16N2O6S. The second-order valence-electron chi connectivity index (χ2n) is 4.33. The average Bonchev–Trinajstić information content (AvgIpc) is 2.42. The highest BCUT2D eigenvalue weighted by Crippen LogP contribution is 2.22. The Balaban J connectivity index is 2.58. The Morgan fingerprint density at radius 3 is 2.52 bits per heavy atom. The molecule has 0 radical (unpaired) electrons. The zero-order chi connectivity index (χ0) is 15.9. The Labute approximate surface area is 122 Å². The second kappa shape index (κ2) is 7.70. The molecule has 8 nitrogen and oxygen atoms in total. The van der Waals surface area contributed by atoms with Crippen LogP contribution in [0, 0.1) is 10.1 Å². The standard InChI is InChI=1S/C12H16N2O6S/c15-12(16)8-2-1-5-9-13-21(19,20)11-7-4-3-6-10(11)14(17)18/h3-4,6-7,13H,1-2,5,8-9H2,(H,15,16). The number of unbranched alkanes of at least 4 members (excludes halogenated alkanes) is 2. The SMILES string of the molecule is O=C(O)CCCCCNS(=O)(=O)c1ccccc1[N+](=O)[O-]. The second-order valence-corrected chi connectivity index (χ2v) is 6.06. The lowest BCUT2D eigenvalue weighted by atomic mass is 10.2. The van der Waals surface area contributed by atoms with Crippen LogP contribution in [0.25, 0.3) is 0 Å². The molecular weight excluding hydrogens is 300 g/mol. The first kappa shape index (κ1) is 17.1. The molecule has 2 N–H and O–H groups in total. The molecule has 0 fully saturated rings. The lowest BCUT2D eigenvalue weighted by Gasteiger charge is -2.06. The van der Waals surface area contributed by atoms with Gasteiger partial charge < -0.3 is 5.11 Å². The van der Waals surface area contributed by atoms with Crippen molar-refractivity contribution in [1.82, 2.24) is 4.72 Å². The summed E-state index contributed by atoms with van der Waals surface area (Å²) in [5.74, 6) is -0.893. The van der Waals surface area contributed by atoms with Crippen LogP contribution in [-0.4, -0.2) is 31.0 Å². The Hall–Kier alpha value is -2.00. The largest absolute Gasteiger partial charge is 0.481 e. The van der Waals surface area contributed by atoms with Crippen LogP contribution in [0.2, 0.25) is 0 Å². The number of nitrogens with zero attached hydrogens (tertiary/aromatic N) is 1. The summed E-state index contributed by atoms with van der Waals surface area (Å²) in [6.45, 7) is 0.105. The van der Waals surface area contributed by atoms with Crippen molar-refractivity contribution in [3.8, 4) is 0 Å². The molecule has 1 rings (SSSR count). The number of sulfonamides is 1. The summed E-state index contributed by atoms with van der Waals surface area (Å²) in [4.78, 5) is 20.0. The van der Waals surface area contributed by atoms with E-state index in [0.717, 1.165) is 6.07 Å². The van der Waals surface area contributed by atoms with Crippen molar-refractivity contribution < 1.29 is 23.2 Å². The maximum atomic E-state index is 12.0. The van der Waals surface area contributed by atoms with E-state index in [2.05, 4.69) is 4.72 Å². The smallest absolute Gasteiger partial charge is 0.303 e. The number of rotatable bonds is 9. The summed E-state index contributed by atoms with van der Waals surface area (Å²) in [5.41, 5.74) is -0.476. The van der Waals surface area contributed by atoms with Gasteiger partial charge >= 0.3 is 5.97 Å². The molecule has 0 aliphatic rings. The number of benzene rings is 1. The quantitative estimate of drug-likeness (QED) is 0.404.